The Morgan fingerprint density at radius 3 is 2.47 bits per heavy atom. The maximum absolute atomic E-state index is 15.1. The van der Waals surface area contributed by atoms with Gasteiger partial charge in [0.1, 0.15) is 6.04 Å². The largest absolute Gasteiger partial charge is 0.394 e. The molecule has 1 spiro atoms. The first-order chi connectivity index (χ1) is 20.6. The average molecular weight is 622 g/mol. The zero-order chi connectivity index (χ0) is 31.1. The molecule has 0 radical (unpaired) electrons. The molecule has 1 N–H and O–H groups in total. The maximum Gasteiger partial charge on any atom is 0.251 e. The number of amides is 3. The SMILES string of the molecule is C=CCN(C)C(=O)[C@@H]1[C@@H]2CC(C)C3(S2)C(C(=O)N(CC=C)c2c(C)cccc2Cl)N([C@@H](CO)Cc2ccccc2)C(=O)[C@H]13. The van der Waals surface area contributed by atoms with Crippen molar-refractivity contribution in [3.63, 3.8) is 0 Å². The molecule has 3 saturated heterocycles. The Labute approximate surface area is 263 Å². The van der Waals surface area contributed by atoms with Gasteiger partial charge in [-0.3, -0.25) is 14.4 Å². The van der Waals surface area contributed by atoms with Crippen LogP contribution in [0.15, 0.2) is 73.8 Å². The molecule has 2 bridgehead atoms. The predicted octanol–water partition coefficient (Wildman–Crippen LogP) is 4.75. The molecule has 5 rings (SSSR count). The molecule has 3 heterocycles. The molecule has 2 aromatic carbocycles. The number of fused-ring (bicyclic) bond motifs is 1. The highest BCUT2D eigenvalue weighted by Crippen LogP contribution is 2.69. The number of benzene rings is 2. The first kappa shape index (κ1) is 31.4. The quantitative estimate of drug-likeness (QED) is 0.366. The molecule has 3 unspecified atom stereocenters. The maximum atomic E-state index is 15.1. The van der Waals surface area contributed by atoms with Gasteiger partial charge in [0.2, 0.25) is 11.8 Å². The van der Waals surface area contributed by atoms with Crippen LogP contribution in [0.25, 0.3) is 0 Å². The van der Waals surface area contributed by atoms with E-state index in [4.69, 9.17) is 11.6 Å². The van der Waals surface area contributed by atoms with E-state index in [0.717, 1.165) is 17.5 Å². The molecular formula is C34H40ClN3O4S. The van der Waals surface area contributed by atoms with Gasteiger partial charge in [0.15, 0.2) is 0 Å². The fourth-order valence-electron chi connectivity index (χ4n) is 7.62. The van der Waals surface area contributed by atoms with Crippen molar-refractivity contribution < 1.29 is 19.5 Å². The summed E-state index contributed by atoms with van der Waals surface area (Å²) in [4.78, 5) is 48.6. The molecule has 7 atom stereocenters. The second-order valence-corrected chi connectivity index (χ2v) is 13.9. The fourth-order valence-corrected chi connectivity index (χ4v) is 10.3. The second kappa shape index (κ2) is 12.5. The van der Waals surface area contributed by atoms with Crippen LogP contribution in [0.4, 0.5) is 5.69 Å². The van der Waals surface area contributed by atoms with Crippen molar-refractivity contribution in [1.29, 1.82) is 0 Å². The van der Waals surface area contributed by atoms with E-state index in [0.29, 0.717) is 23.7 Å². The number of hydrogen-bond donors (Lipinski definition) is 1. The summed E-state index contributed by atoms with van der Waals surface area (Å²) in [7, 11) is 1.73. The fraction of sp³-hybridized carbons (Fsp3) is 0.441. The Bertz CT molecular complexity index is 1400. The van der Waals surface area contributed by atoms with E-state index in [9.17, 15) is 14.7 Å². The average Bonchev–Trinajstić information content (AvgIpc) is 3.58. The zero-order valence-electron chi connectivity index (χ0n) is 25.0. The van der Waals surface area contributed by atoms with E-state index in [2.05, 4.69) is 20.1 Å². The van der Waals surface area contributed by atoms with Crippen molar-refractivity contribution in [3.8, 4) is 0 Å². The number of anilines is 1. The third kappa shape index (κ3) is 5.11. The smallest absolute Gasteiger partial charge is 0.251 e. The molecule has 2 aromatic rings. The summed E-state index contributed by atoms with van der Waals surface area (Å²) in [6.07, 6.45) is 4.43. The Hall–Kier alpha value is -3.07. The summed E-state index contributed by atoms with van der Waals surface area (Å²) >= 11 is 8.33. The number of aliphatic hydroxyl groups excluding tert-OH is 1. The van der Waals surface area contributed by atoms with Crippen molar-refractivity contribution in [2.75, 3.05) is 31.6 Å². The highest BCUT2D eigenvalue weighted by molar-refractivity contribution is 8.02. The Balaban J connectivity index is 1.67. The van der Waals surface area contributed by atoms with E-state index < -0.39 is 28.7 Å². The van der Waals surface area contributed by atoms with Crippen LogP contribution in [0.2, 0.25) is 5.02 Å². The second-order valence-electron chi connectivity index (χ2n) is 12.0. The summed E-state index contributed by atoms with van der Waals surface area (Å²) in [6.45, 7) is 11.9. The third-order valence-corrected chi connectivity index (χ3v) is 11.8. The topological polar surface area (TPSA) is 81.2 Å². The highest BCUT2D eigenvalue weighted by atomic mass is 35.5. The zero-order valence-corrected chi connectivity index (χ0v) is 26.6. The first-order valence-corrected chi connectivity index (χ1v) is 16.1. The Morgan fingerprint density at radius 2 is 1.84 bits per heavy atom. The summed E-state index contributed by atoms with van der Waals surface area (Å²) in [5.74, 6) is -1.89. The van der Waals surface area contributed by atoms with Crippen LogP contribution in [0.3, 0.4) is 0 Å². The van der Waals surface area contributed by atoms with Crippen LogP contribution in [0, 0.1) is 24.7 Å². The van der Waals surface area contributed by atoms with E-state index in [1.807, 2.05) is 49.4 Å². The molecule has 7 nitrogen and oxygen atoms in total. The van der Waals surface area contributed by atoms with Gasteiger partial charge >= 0.3 is 0 Å². The lowest BCUT2D eigenvalue weighted by atomic mass is 9.65. The molecule has 228 valence electrons. The van der Waals surface area contributed by atoms with E-state index in [1.54, 1.807) is 51.7 Å². The molecule has 3 amide bonds. The van der Waals surface area contributed by atoms with Crippen LogP contribution >= 0.6 is 23.4 Å². The van der Waals surface area contributed by atoms with Gasteiger partial charge in [-0.25, -0.2) is 0 Å². The lowest BCUT2D eigenvalue weighted by Gasteiger charge is -2.42. The molecule has 3 aliphatic rings. The number of likely N-dealkylation sites (N-methyl/N-ethyl adjacent to an activating group) is 1. The predicted molar refractivity (Wildman–Crippen MR) is 173 cm³/mol. The number of halogens is 1. The highest BCUT2D eigenvalue weighted by Gasteiger charge is 2.77. The normalized spacial score (nSPS) is 28.0. The number of carbonyl (C=O) groups is 3. The number of likely N-dealkylation sites (tertiary alicyclic amines) is 1. The molecule has 3 fully saturated rings. The number of thioether (sulfide) groups is 1. The van der Waals surface area contributed by atoms with Crippen LogP contribution < -0.4 is 4.90 Å². The van der Waals surface area contributed by atoms with Gasteiger partial charge in [-0.15, -0.1) is 24.9 Å². The Kier molecular flexibility index (Phi) is 9.12. The minimum absolute atomic E-state index is 0.0156. The van der Waals surface area contributed by atoms with Crippen molar-refractivity contribution in [1.82, 2.24) is 9.80 Å². The summed E-state index contributed by atoms with van der Waals surface area (Å²) < 4.78 is -0.840. The van der Waals surface area contributed by atoms with Gasteiger partial charge in [-0.1, -0.05) is 73.1 Å². The lowest BCUT2D eigenvalue weighted by Crippen LogP contribution is -2.60. The van der Waals surface area contributed by atoms with Crippen molar-refractivity contribution in [2.45, 2.75) is 48.8 Å². The summed E-state index contributed by atoms with van der Waals surface area (Å²) in [5.41, 5.74) is 2.35. The van der Waals surface area contributed by atoms with Gasteiger partial charge in [0.05, 0.1) is 39.9 Å². The number of para-hydroxylation sites is 1. The standard InChI is InChI=1S/C34H40ClN3O4S/c1-6-16-36(5)31(40)27-26-18-22(4)34(43-26)28(27)32(41)38(24(20-39)19-23-13-9-8-10-14-23)30(34)33(42)37(17-7-2)29-21(3)12-11-15-25(29)35/h6-15,22,24,26-28,30,39H,1-2,16-20H2,3-5H3/t22?,24-,26+,27-,28+,30?,34?/m1/s1. The van der Waals surface area contributed by atoms with Crippen molar-refractivity contribution in [2.24, 2.45) is 17.8 Å². The number of aliphatic hydroxyl groups is 1. The van der Waals surface area contributed by atoms with E-state index >= 15 is 4.79 Å². The third-order valence-electron chi connectivity index (χ3n) is 9.44. The van der Waals surface area contributed by atoms with Gasteiger partial charge in [0, 0.05) is 25.4 Å². The number of carbonyl (C=O) groups excluding carboxylic acids is 3. The number of nitrogens with zero attached hydrogens (tertiary/aromatic N) is 3. The van der Waals surface area contributed by atoms with Crippen LogP contribution in [0.1, 0.15) is 24.5 Å². The monoisotopic (exact) mass is 621 g/mol. The molecular weight excluding hydrogens is 582 g/mol. The van der Waals surface area contributed by atoms with Gasteiger partial charge in [-0.05, 0) is 42.9 Å². The van der Waals surface area contributed by atoms with E-state index in [-0.39, 0.29) is 42.0 Å². The van der Waals surface area contributed by atoms with E-state index in [1.165, 1.54) is 0 Å². The minimum Gasteiger partial charge on any atom is -0.394 e. The van der Waals surface area contributed by atoms with Crippen molar-refractivity contribution in [3.05, 3.63) is 90.0 Å². The molecule has 43 heavy (non-hydrogen) atoms. The molecule has 3 aliphatic heterocycles. The summed E-state index contributed by atoms with van der Waals surface area (Å²) in [5, 5.41) is 11.1. The van der Waals surface area contributed by atoms with Crippen LogP contribution in [0.5, 0.6) is 0 Å². The van der Waals surface area contributed by atoms with Crippen molar-refractivity contribution >= 4 is 46.8 Å². The van der Waals surface area contributed by atoms with Gasteiger partial charge in [0.25, 0.3) is 5.91 Å². The summed E-state index contributed by atoms with van der Waals surface area (Å²) in [6, 6.07) is 13.6. The first-order valence-electron chi connectivity index (χ1n) is 14.8. The molecule has 0 aromatic heterocycles. The van der Waals surface area contributed by atoms with Gasteiger partial charge < -0.3 is 19.8 Å². The molecule has 9 heteroatoms. The lowest BCUT2D eigenvalue weighted by molar-refractivity contribution is -0.145. The minimum atomic E-state index is -0.908. The number of hydrogen-bond acceptors (Lipinski definition) is 5. The van der Waals surface area contributed by atoms with Crippen LogP contribution in [-0.4, -0.2) is 81.5 Å². The molecule has 0 saturated carbocycles. The number of aryl methyl sites for hydroxylation is 1. The van der Waals surface area contributed by atoms with Gasteiger partial charge in [-0.2, -0.15) is 0 Å². The Morgan fingerprint density at radius 1 is 1.14 bits per heavy atom. The number of rotatable bonds is 11. The molecule has 0 aliphatic carbocycles. The van der Waals surface area contributed by atoms with Crippen LogP contribution in [-0.2, 0) is 20.8 Å².